The summed E-state index contributed by atoms with van der Waals surface area (Å²) in [6.45, 7) is 2.69. The molecule has 0 saturated carbocycles. The molecule has 5 nitrogen and oxygen atoms in total. The second-order valence-corrected chi connectivity index (χ2v) is 7.75. The van der Waals surface area contributed by atoms with Gasteiger partial charge in [-0.15, -0.1) is 0 Å². The molecule has 0 amide bonds. The van der Waals surface area contributed by atoms with Crippen molar-refractivity contribution in [2.24, 2.45) is 5.92 Å². The Labute approximate surface area is 178 Å². The number of hydrogen-bond donors (Lipinski definition) is 3. The van der Waals surface area contributed by atoms with Crippen LogP contribution in [0.4, 0.5) is 5.69 Å². The van der Waals surface area contributed by atoms with Gasteiger partial charge in [0.1, 0.15) is 0 Å². The first-order valence-electron chi connectivity index (χ1n) is 10.5. The molecule has 3 N–H and O–H groups in total. The van der Waals surface area contributed by atoms with E-state index >= 15 is 0 Å². The lowest BCUT2D eigenvalue weighted by Crippen LogP contribution is -2.30. The molecule has 0 saturated heterocycles. The summed E-state index contributed by atoms with van der Waals surface area (Å²) in [4.78, 5) is 10.7. The van der Waals surface area contributed by atoms with Crippen molar-refractivity contribution in [2.45, 2.75) is 44.8 Å². The van der Waals surface area contributed by atoms with Crippen molar-refractivity contribution in [2.75, 3.05) is 11.9 Å². The van der Waals surface area contributed by atoms with Gasteiger partial charge in [-0.3, -0.25) is 4.79 Å². The monoisotopic (exact) mass is 406 g/mol. The van der Waals surface area contributed by atoms with Crippen molar-refractivity contribution in [3.63, 3.8) is 0 Å². The van der Waals surface area contributed by atoms with Crippen molar-refractivity contribution >= 4 is 17.4 Å². The molecule has 30 heavy (non-hydrogen) atoms. The Morgan fingerprint density at radius 1 is 1.23 bits per heavy atom. The van der Waals surface area contributed by atoms with E-state index in [1.54, 1.807) is 0 Å². The molecule has 2 aliphatic rings. The highest BCUT2D eigenvalue weighted by Crippen LogP contribution is 2.20. The van der Waals surface area contributed by atoms with Crippen LogP contribution in [-0.4, -0.2) is 35.5 Å². The van der Waals surface area contributed by atoms with Crippen LogP contribution in [0.3, 0.4) is 0 Å². The SMILES string of the molecule is CC(OC1C=CC(CNc2ccc(CCC(=O)O)cc2)=CC1)C(=N)C1C=CC=CC1. The smallest absolute Gasteiger partial charge is 0.303 e. The highest BCUT2D eigenvalue weighted by molar-refractivity contribution is 5.89. The summed E-state index contributed by atoms with van der Waals surface area (Å²) in [6, 6.07) is 7.90. The molecule has 3 unspecified atom stereocenters. The van der Waals surface area contributed by atoms with Gasteiger partial charge in [0.25, 0.3) is 0 Å². The minimum atomic E-state index is -0.773. The zero-order chi connectivity index (χ0) is 21.3. The first kappa shape index (κ1) is 21.8. The Balaban J connectivity index is 1.41. The molecule has 0 heterocycles. The van der Waals surface area contributed by atoms with Crippen LogP contribution < -0.4 is 5.32 Å². The number of rotatable bonds is 10. The molecule has 0 bridgehead atoms. The number of carboxylic acids is 1. The summed E-state index contributed by atoms with van der Waals surface area (Å²) >= 11 is 0. The van der Waals surface area contributed by atoms with Crippen molar-refractivity contribution < 1.29 is 14.6 Å². The van der Waals surface area contributed by atoms with Crippen LogP contribution >= 0.6 is 0 Å². The fourth-order valence-corrected chi connectivity index (χ4v) is 3.57. The maximum atomic E-state index is 10.7. The Morgan fingerprint density at radius 3 is 2.67 bits per heavy atom. The molecule has 5 heteroatoms. The standard InChI is InChI=1S/C25H30N2O3/c1-18(25(26)21-5-3-2-4-6-21)30-23-14-9-20(10-15-23)17-27-22-12-7-19(8-13-22)11-16-24(28)29/h2-5,7-10,12-14,18,21,23,26-27H,6,11,15-17H2,1H3,(H,28,29). The molecule has 0 spiro atoms. The summed E-state index contributed by atoms with van der Waals surface area (Å²) in [5, 5.41) is 20.5. The van der Waals surface area contributed by atoms with Gasteiger partial charge >= 0.3 is 5.97 Å². The van der Waals surface area contributed by atoms with Crippen LogP contribution in [0.5, 0.6) is 0 Å². The van der Waals surface area contributed by atoms with E-state index in [-0.39, 0.29) is 24.5 Å². The van der Waals surface area contributed by atoms with Gasteiger partial charge in [-0.05, 0) is 49.5 Å². The fraction of sp³-hybridized carbons (Fsp3) is 0.360. The molecule has 2 aliphatic carbocycles. The third-order valence-corrected chi connectivity index (χ3v) is 5.41. The topological polar surface area (TPSA) is 82.4 Å². The first-order chi connectivity index (χ1) is 14.5. The van der Waals surface area contributed by atoms with Gasteiger partial charge in [-0.1, -0.05) is 54.7 Å². The van der Waals surface area contributed by atoms with Crippen LogP contribution in [0.15, 0.2) is 72.4 Å². The second kappa shape index (κ2) is 10.7. The Kier molecular flexibility index (Phi) is 7.80. The summed E-state index contributed by atoms with van der Waals surface area (Å²) < 4.78 is 6.09. The largest absolute Gasteiger partial charge is 0.481 e. The molecule has 0 fully saturated rings. The highest BCUT2D eigenvalue weighted by Gasteiger charge is 2.21. The predicted octanol–water partition coefficient (Wildman–Crippen LogP) is 4.93. The van der Waals surface area contributed by atoms with Crippen LogP contribution in [0.2, 0.25) is 0 Å². The number of nitrogens with one attached hydrogen (secondary N) is 2. The molecule has 1 aromatic rings. The highest BCUT2D eigenvalue weighted by atomic mass is 16.5. The first-order valence-corrected chi connectivity index (χ1v) is 10.5. The van der Waals surface area contributed by atoms with Gasteiger partial charge in [0.05, 0.1) is 12.2 Å². The van der Waals surface area contributed by atoms with E-state index < -0.39 is 5.97 Å². The van der Waals surface area contributed by atoms with Crippen molar-refractivity contribution in [3.05, 3.63) is 77.9 Å². The molecule has 1 aromatic carbocycles. The molecule has 0 radical (unpaired) electrons. The number of benzene rings is 1. The molecule has 3 rings (SSSR count). The normalized spacial score (nSPS) is 21.2. The average molecular weight is 407 g/mol. The Hall–Kier alpha value is -2.92. The van der Waals surface area contributed by atoms with Gasteiger partial charge in [0, 0.05) is 30.3 Å². The molecule has 158 valence electrons. The number of aliphatic carboxylic acids is 1. The van der Waals surface area contributed by atoms with Crippen LogP contribution in [0.25, 0.3) is 0 Å². The molecule has 0 aromatic heterocycles. The lowest BCUT2D eigenvalue weighted by atomic mass is 9.92. The summed E-state index contributed by atoms with van der Waals surface area (Å²) in [7, 11) is 0. The van der Waals surface area contributed by atoms with Crippen molar-refractivity contribution in [3.8, 4) is 0 Å². The third-order valence-electron chi connectivity index (χ3n) is 5.41. The van der Waals surface area contributed by atoms with Gasteiger partial charge in [0.15, 0.2) is 0 Å². The van der Waals surface area contributed by atoms with Crippen LogP contribution in [0.1, 0.15) is 31.7 Å². The number of hydrogen-bond acceptors (Lipinski definition) is 4. The predicted molar refractivity (Wildman–Crippen MR) is 121 cm³/mol. The number of aryl methyl sites for hydroxylation is 1. The van der Waals surface area contributed by atoms with Crippen LogP contribution in [0, 0.1) is 11.3 Å². The van der Waals surface area contributed by atoms with Crippen molar-refractivity contribution in [1.82, 2.24) is 0 Å². The van der Waals surface area contributed by atoms with E-state index in [1.807, 2.05) is 43.3 Å². The van der Waals surface area contributed by atoms with Gasteiger partial charge in [0.2, 0.25) is 0 Å². The average Bonchev–Trinajstić information content (AvgIpc) is 2.78. The molecular formula is C25H30N2O3. The summed E-state index contributed by atoms with van der Waals surface area (Å²) in [5.41, 5.74) is 3.87. The molecular weight excluding hydrogens is 376 g/mol. The van der Waals surface area contributed by atoms with Crippen LogP contribution in [-0.2, 0) is 16.0 Å². The van der Waals surface area contributed by atoms with E-state index in [2.05, 4.69) is 35.7 Å². The minimum Gasteiger partial charge on any atom is -0.481 e. The van der Waals surface area contributed by atoms with E-state index in [0.717, 1.165) is 30.6 Å². The molecule has 0 aliphatic heterocycles. The quantitative estimate of drug-likeness (QED) is 0.481. The lowest BCUT2D eigenvalue weighted by Gasteiger charge is -2.25. The van der Waals surface area contributed by atoms with E-state index in [0.29, 0.717) is 12.1 Å². The number of carbonyl (C=O) groups is 1. The van der Waals surface area contributed by atoms with E-state index in [1.165, 1.54) is 5.57 Å². The Morgan fingerprint density at radius 2 is 2.03 bits per heavy atom. The maximum Gasteiger partial charge on any atom is 0.303 e. The molecule has 3 atom stereocenters. The number of anilines is 1. The van der Waals surface area contributed by atoms with Gasteiger partial charge in [-0.2, -0.15) is 0 Å². The maximum absolute atomic E-state index is 10.7. The third kappa shape index (κ3) is 6.56. The van der Waals surface area contributed by atoms with Gasteiger partial charge in [-0.25, -0.2) is 0 Å². The minimum absolute atomic E-state index is 0.000677. The summed E-state index contributed by atoms with van der Waals surface area (Å²) in [5.74, 6) is -0.631. The van der Waals surface area contributed by atoms with Gasteiger partial charge < -0.3 is 20.6 Å². The lowest BCUT2D eigenvalue weighted by molar-refractivity contribution is -0.136. The Bertz CT molecular complexity index is 865. The number of carboxylic acid groups (broad SMARTS) is 1. The fourth-order valence-electron chi connectivity index (χ4n) is 3.57. The number of allylic oxidation sites excluding steroid dienone is 4. The van der Waals surface area contributed by atoms with E-state index in [9.17, 15) is 4.79 Å². The number of ether oxygens (including phenoxy) is 1. The zero-order valence-electron chi connectivity index (χ0n) is 17.4. The van der Waals surface area contributed by atoms with E-state index in [4.69, 9.17) is 15.3 Å². The second-order valence-electron chi connectivity index (χ2n) is 7.75. The van der Waals surface area contributed by atoms with Crippen molar-refractivity contribution in [1.29, 1.82) is 5.41 Å². The zero-order valence-corrected chi connectivity index (χ0v) is 17.4. The summed E-state index contributed by atoms with van der Waals surface area (Å²) in [6.07, 6.45) is 16.7.